The average Bonchev–Trinajstić information content (AvgIpc) is 3.23. The second-order valence-corrected chi connectivity index (χ2v) is 5.74. The Labute approximate surface area is 136 Å². The molecule has 2 aromatic rings. The molecule has 1 aliphatic rings. The Kier molecular flexibility index (Phi) is 4.14. The van der Waals surface area contributed by atoms with Gasteiger partial charge in [0, 0.05) is 6.42 Å². The van der Waals surface area contributed by atoms with Gasteiger partial charge in [-0.2, -0.15) is 13.2 Å². The van der Waals surface area contributed by atoms with Gasteiger partial charge in [-0.3, -0.25) is 4.79 Å². The SMILES string of the molecule is O=C(O/N=C1/C[C@H](NC(=O)C(F)(F)F)c2ccsc21)c1ccco1. The normalized spacial score (nSPS) is 18.5. The van der Waals surface area contributed by atoms with Crippen LogP contribution in [0.5, 0.6) is 0 Å². The third-order valence-corrected chi connectivity index (χ3v) is 4.23. The van der Waals surface area contributed by atoms with Gasteiger partial charge in [-0.15, -0.1) is 11.3 Å². The molecule has 0 aromatic carbocycles. The van der Waals surface area contributed by atoms with Crippen molar-refractivity contribution in [2.24, 2.45) is 5.16 Å². The summed E-state index contributed by atoms with van der Waals surface area (Å²) in [6.45, 7) is 0. The maximum atomic E-state index is 12.4. The van der Waals surface area contributed by atoms with Crippen molar-refractivity contribution in [1.29, 1.82) is 0 Å². The Morgan fingerprint density at radius 2 is 2.17 bits per heavy atom. The monoisotopic (exact) mass is 358 g/mol. The number of furan rings is 1. The number of fused-ring (bicyclic) bond motifs is 1. The highest BCUT2D eigenvalue weighted by Crippen LogP contribution is 2.36. The van der Waals surface area contributed by atoms with Crippen molar-refractivity contribution in [2.75, 3.05) is 0 Å². The molecule has 0 spiro atoms. The number of thiophene rings is 1. The molecule has 1 N–H and O–H groups in total. The number of nitrogens with zero attached hydrogens (tertiary/aromatic N) is 1. The van der Waals surface area contributed by atoms with Gasteiger partial charge >= 0.3 is 18.1 Å². The molecule has 2 aromatic heterocycles. The molecule has 6 nitrogen and oxygen atoms in total. The van der Waals surface area contributed by atoms with Crippen LogP contribution < -0.4 is 5.32 Å². The van der Waals surface area contributed by atoms with Crippen molar-refractivity contribution < 1.29 is 32.0 Å². The molecule has 0 fully saturated rings. The first-order valence-corrected chi connectivity index (χ1v) is 7.51. The zero-order chi connectivity index (χ0) is 17.3. The van der Waals surface area contributed by atoms with Gasteiger partial charge in [0.2, 0.25) is 5.76 Å². The smallest absolute Gasteiger partial charge is 0.457 e. The number of hydrogen-bond acceptors (Lipinski definition) is 6. The van der Waals surface area contributed by atoms with Gasteiger partial charge in [0.05, 0.1) is 17.2 Å². The fourth-order valence-corrected chi connectivity index (χ4v) is 3.16. The molecule has 24 heavy (non-hydrogen) atoms. The quantitative estimate of drug-likeness (QED) is 0.676. The van der Waals surface area contributed by atoms with Crippen LogP contribution in [-0.2, 0) is 9.63 Å². The Morgan fingerprint density at radius 3 is 2.83 bits per heavy atom. The summed E-state index contributed by atoms with van der Waals surface area (Å²) in [5.41, 5.74) is 0.790. The molecule has 0 bridgehead atoms. The number of amides is 1. The fourth-order valence-electron chi connectivity index (χ4n) is 2.21. The molecule has 10 heteroatoms. The van der Waals surface area contributed by atoms with E-state index in [2.05, 4.69) is 5.16 Å². The van der Waals surface area contributed by atoms with E-state index in [9.17, 15) is 22.8 Å². The summed E-state index contributed by atoms with van der Waals surface area (Å²) in [6, 6.07) is 3.61. The molecule has 1 atom stereocenters. The van der Waals surface area contributed by atoms with E-state index in [4.69, 9.17) is 9.25 Å². The highest BCUT2D eigenvalue weighted by molar-refractivity contribution is 7.12. The molecule has 1 amide bonds. The Morgan fingerprint density at radius 1 is 1.38 bits per heavy atom. The zero-order valence-corrected chi connectivity index (χ0v) is 12.6. The molecule has 0 aliphatic heterocycles. The van der Waals surface area contributed by atoms with Crippen LogP contribution in [0.15, 0.2) is 39.4 Å². The van der Waals surface area contributed by atoms with E-state index in [0.717, 1.165) is 0 Å². The Balaban J connectivity index is 1.74. The van der Waals surface area contributed by atoms with Crippen LogP contribution in [0, 0.1) is 0 Å². The number of oxime groups is 1. The molecular weight excluding hydrogens is 349 g/mol. The van der Waals surface area contributed by atoms with Gasteiger partial charge in [-0.1, -0.05) is 5.16 Å². The molecule has 0 radical (unpaired) electrons. The van der Waals surface area contributed by atoms with Crippen molar-refractivity contribution in [3.8, 4) is 0 Å². The minimum Gasteiger partial charge on any atom is -0.457 e. The van der Waals surface area contributed by atoms with E-state index in [0.29, 0.717) is 10.4 Å². The minimum atomic E-state index is -4.97. The van der Waals surface area contributed by atoms with Crippen LogP contribution in [0.2, 0.25) is 0 Å². The van der Waals surface area contributed by atoms with Crippen LogP contribution >= 0.6 is 11.3 Å². The highest BCUT2D eigenvalue weighted by Gasteiger charge is 2.42. The molecule has 0 saturated carbocycles. The molecule has 0 saturated heterocycles. The lowest BCUT2D eigenvalue weighted by Crippen LogP contribution is -2.38. The summed E-state index contributed by atoms with van der Waals surface area (Å²) in [7, 11) is 0. The molecule has 0 unspecified atom stereocenters. The third kappa shape index (κ3) is 3.18. The number of rotatable bonds is 3. The predicted molar refractivity (Wildman–Crippen MR) is 76.5 cm³/mol. The predicted octanol–water partition coefficient (Wildman–Crippen LogP) is 3.03. The molecular formula is C14H9F3N2O4S. The minimum absolute atomic E-state index is 0.00470. The van der Waals surface area contributed by atoms with Gasteiger partial charge in [-0.25, -0.2) is 4.79 Å². The third-order valence-electron chi connectivity index (χ3n) is 3.25. The number of carbonyl (C=O) groups is 2. The largest absolute Gasteiger partial charge is 0.471 e. The van der Waals surface area contributed by atoms with Crippen LogP contribution in [-0.4, -0.2) is 23.8 Å². The van der Waals surface area contributed by atoms with E-state index >= 15 is 0 Å². The standard InChI is InChI=1S/C14H9F3N2O4S/c15-14(16,17)13(21)18-8-6-9(11-7(8)3-5-24-11)19-23-12(20)10-2-1-4-22-10/h1-5,8H,6H2,(H,18,21)/b19-9-/t8-/m0/s1. The molecule has 126 valence electrons. The first-order chi connectivity index (χ1) is 11.4. The lowest BCUT2D eigenvalue weighted by atomic mass is 10.2. The zero-order valence-electron chi connectivity index (χ0n) is 11.8. The topological polar surface area (TPSA) is 80.9 Å². The first-order valence-electron chi connectivity index (χ1n) is 6.63. The summed E-state index contributed by atoms with van der Waals surface area (Å²) in [6.07, 6.45) is -3.68. The molecule has 3 rings (SSSR count). The van der Waals surface area contributed by atoms with Crippen molar-refractivity contribution in [3.05, 3.63) is 46.0 Å². The van der Waals surface area contributed by atoms with Crippen LogP contribution in [0.4, 0.5) is 13.2 Å². The maximum absolute atomic E-state index is 12.4. The fraction of sp³-hybridized carbons (Fsp3) is 0.214. The summed E-state index contributed by atoms with van der Waals surface area (Å²) in [5, 5.41) is 7.26. The summed E-state index contributed by atoms with van der Waals surface area (Å²) < 4.78 is 42.0. The van der Waals surface area contributed by atoms with Crippen LogP contribution in [0.3, 0.4) is 0 Å². The number of nitrogens with one attached hydrogen (secondary N) is 1. The van der Waals surface area contributed by atoms with Gasteiger partial charge < -0.3 is 14.6 Å². The van der Waals surface area contributed by atoms with Gasteiger partial charge in [0.25, 0.3) is 0 Å². The van der Waals surface area contributed by atoms with E-state index in [-0.39, 0.29) is 17.9 Å². The van der Waals surface area contributed by atoms with Gasteiger partial charge in [0.1, 0.15) is 5.71 Å². The van der Waals surface area contributed by atoms with Crippen LogP contribution in [0.25, 0.3) is 0 Å². The Hall–Kier alpha value is -2.62. The van der Waals surface area contributed by atoms with Crippen molar-refractivity contribution in [1.82, 2.24) is 5.32 Å². The number of halogens is 3. The molecule has 1 aliphatic carbocycles. The van der Waals surface area contributed by atoms with Gasteiger partial charge in [-0.05, 0) is 29.1 Å². The second kappa shape index (κ2) is 6.11. The number of carbonyl (C=O) groups excluding carboxylic acids is 2. The van der Waals surface area contributed by atoms with Crippen molar-refractivity contribution in [2.45, 2.75) is 18.6 Å². The number of alkyl halides is 3. The van der Waals surface area contributed by atoms with E-state index in [1.807, 2.05) is 5.32 Å². The van der Waals surface area contributed by atoms with E-state index in [1.165, 1.54) is 29.7 Å². The lowest BCUT2D eigenvalue weighted by molar-refractivity contribution is -0.174. The van der Waals surface area contributed by atoms with E-state index in [1.54, 1.807) is 11.4 Å². The lowest BCUT2D eigenvalue weighted by Gasteiger charge is -2.13. The highest BCUT2D eigenvalue weighted by atomic mass is 32.1. The van der Waals surface area contributed by atoms with Crippen molar-refractivity contribution in [3.63, 3.8) is 0 Å². The second-order valence-electron chi connectivity index (χ2n) is 4.83. The molecule has 2 heterocycles. The Bertz CT molecular complexity index is 795. The average molecular weight is 358 g/mol. The first kappa shape index (κ1) is 16.2. The van der Waals surface area contributed by atoms with E-state index < -0.39 is 24.1 Å². The maximum Gasteiger partial charge on any atom is 0.471 e. The van der Waals surface area contributed by atoms with Crippen LogP contribution in [0.1, 0.15) is 33.5 Å². The van der Waals surface area contributed by atoms with Crippen molar-refractivity contribution >= 4 is 28.9 Å². The summed E-state index contributed by atoms with van der Waals surface area (Å²) >= 11 is 1.23. The number of hydrogen-bond donors (Lipinski definition) is 1. The van der Waals surface area contributed by atoms with Gasteiger partial charge in [0.15, 0.2) is 0 Å². The summed E-state index contributed by atoms with van der Waals surface area (Å²) in [4.78, 5) is 28.1. The summed E-state index contributed by atoms with van der Waals surface area (Å²) in [5.74, 6) is -2.91.